The van der Waals surface area contributed by atoms with E-state index in [1.807, 2.05) is 55.5 Å². The average Bonchev–Trinajstić information content (AvgIpc) is 2.55. The van der Waals surface area contributed by atoms with Crippen LogP contribution < -0.4 is 5.56 Å². The van der Waals surface area contributed by atoms with Crippen molar-refractivity contribution in [2.45, 2.75) is 13.3 Å². The fraction of sp³-hybridized carbons (Fsp3) is 0.118. The molecule has 0 aliphatic rings. The Morgan fingerprint density at radius 1 is 1.10 bits per heavy atom. The van der Waals surface area contributed by atoms with Gasteiger partial charge in [0.05, 0.1) is 17.1 Å². The Labute approximate surface area is 122 Å². The first-order valence-electron chi connectivity index (χ1n) is 6.89. The molecule has 21 heavy (non-hydrogen) atoms. The molecule has 0 aliphatic carbocycles. The van der Waals surface area contributed by atoms with Crippen LogP contribution >= 0.6 is 0 Å². The van der Waals surface area contributed by atoms with Crippen LogP contribution in [0.2, 0.25) is 0 Å². The lowest BCUT2D eigenvalue weighted by Crippen LogP contribution is -2.22. The zero-order chi connectivity index (χ0) is 14.7. The number of hydrogen-bond donors (Lipinski definition) is 0. The van der Waals surface area contributed by atoms with Gasteiger partial charge in [0, 0.05) is 6.42 Å². The Morgan fingerprint density at radius 2 is 1.81 bits per heavy atom. The van der Waals surface area contributed by atoms with Crippen LogP contribution in [0.3, 0.4) is 0 Å². The van der Waals surface area contributed by atoms with Crippen LogP contribution in [-0.2, 0) is 6.42 Å². The standard InChI is InChI=1S/C17H15N3O/c1-2-16-19-15-11-7-6-10-14(15)17(21)20(16)18-12-13-8-4-3-5-9-13/h3-12H,2H2,1H3/b18-12+. The third-order valence-corrected chi connectivity index (χ3v) is 3.26. The van der Waals surface area contributed by atoms with Crippen LogP contribution in [0.1, 0.15) is 18.3 Å². The van der Waals surface area contributed by atoms with E-state index in [0.29, 0.717) is 23.1 Å². The van der Waals surface area contributed by atoms with Crippen LogP contribution in [-0.4, -0.2) is 15.9 Å². The smallest absolute Gasteiger partial charge is 0.267 e. The molecule has 2 aromatic carbocycles. The summed E-state index contributed by atoms with van der Waals surface area (Å²) in [6.45, 7) is 1.96. The molecule has 0 saturated carbocycles. The topological polar surface area (TPSA) is 47.2 Å². The molecule has 0 atom stereocenters. The molecule has 0 amide bonds. The van der Waals surface area contributed by atoms with Crippen molar-refractivity contribution >= 4 is 17.1 Å². The Hall–Kier alpha value is -2.75. The summed E-state index contributed by atoms with van der Waals surface area (Å²) in [4.78, 5) is 17.1. The van der Waals surface area contributed by atoms with Crippen molar-refractivity contribution in [3.8, 4) is 0 Å². The highest BCUT2D eigenvalue weighted by molar-refractivity contribution is 5.80. The van der Waals surface area contributed by atoms with Crippen molar-refractivity contribution in [1.82, 2.24) is 9.66 Å². The molecule has 0 spiro atoms. The minimum absolute atomic E-state index is 0.135. The monoisotopic (exact) mass is 277 g/mol. The lowest BCUT2D eigenvalue weighted by molar-refractivity contribution is 0.735. The Balaban J connectivity index is 2.15. The van der Waals surface area contributed by atoms with Crippen molar-refractivity contribution in [3.05, 3.63) is 76.3 Å². The van der Waals surface area contributed by atoms with Gasteiger partial charge in [-0.1, -0.05) is 49.4 Å². The molecule has 3 rings (SSSR count). The van der Waals surface area contributed by atoms with E-state index in [0.717, 1.165) is 5.56 Å². The number of aromatic nitrogens is 2. The molecule has 0 radical (unpaired) electrons. The largest absolute Gasteiger partial charge is 0.282 e. The van der Waals surface area contributed by atoms with Crippen molar-refractivity contribution in [1.29, 1.82) is 0 Å². The number of aryl methyl sites for hydroxylation is 1. The van der Waals surface area contributed by atoms with Crippen molar-refractivity contribution in [2.24, 2.45) is 5.10 Å². The summed E-state index contributed by atoms with van der Waals surface area (Å²) in [5.41, 5.74) is 1.52. The lowest BCUT2D eigenvalue weighted by Gasteiger charge is -2.07. The van der Waals surface area contributed by atoms with E-state index in [2.05, 4.69) is 10.1 Å². The first-order chi connectivity index (χ1) is 10.3. The summed E-state index contributed by atoms with van der Waals surface area (Å²) in [6.07, 6.45) is 2.32. The molecule has 0 unspecified atom stereocenters. The second-order valence-electron chi connectivity index (χ2n) is 4.67. The van der Waals surface area contributed by atoms with E-state index in [-0.39, 0.29) is 5.56 Å². The summed E-state index contributed by atoms with van der Waals surface area (Å²) in [7, 11) is 0. The number of nitrogens with zero attached hydrogens (tertiary/aromatic N) is 3. The van der Waals surface area contributed by atoms with Gasteiger partial charge in [-0.2, -0.15) is 9.78 Å². The molecule has 1 heterocycles. The predicted octanol–water partition coefficient (Wildman–Crippen LogP) is 2.84. The second kappa shape index (κ2) is 5.71. The molecule has 4 heteroatoms. The maximum atomic E-state index is 12.5. The molecule has 4 nitrogen and oxygen atoms in total. The van der Waals surface area contributed by atoms with Crippen LogP contribution in [0.15, 0.2) is 64.5 Å². The minimum Gasteiger partial charge on any atom is -0.267 e. The van der Waals surface area contributed by atoms with E-state index in [1.54, 1.807) is 12.3 Å². The first-order valence-corrected chi connectivity index (χ1v) is 6.89. The van der Waals surface area contributed by atoms with Gasteiger partial charge in [-0.25, -0.2) is 4.98 Å². The molecule has 0 N–H and O–H groups in total. The van der Waals surface area contributed by atoms with Crippen molar-refractivity contribution in [3.63, 3.8) is 0 Å². The molecular formula is C17H15N3O. The summed E-state index contributed by atoms with van der Waals surface area (Å²) in [5, 5.41) is 4.90. The number of rotatable bonds is 3. The quantitative estimate of drug-likeness (QED) is 0.691. The molecule has 1 aromatic heterocycles. The number of benzene rings is 2. The van der Waals surface area contributed by atoms with Gasteiger partial charge in [0.2, 0.25) is 0 Å². The second-order valence-corrected chi connectivity index (χ2v) is 4.67. The first kappa shape index (κ1) is 13.2. The lowest BCUT2D eigenvalue weighted by atomic mass is 10.2. The van der Waals surface area contributed by atoms with Gasteiger partial charge in [0.1, 0.15) is 5.82 Å². The van der Waals surface area contributed by atoms with Crippen LogP contribution in [0.4, 0.5) is 0 Å². The third-order valence-electron chi connectivity index (χ3n) is 3.26. The summed E-state index contributed by atoms with van der Waals surface area (Å²) >= 11 is 0. The molecule has 0 bridgehead atoms. The summed E-state index contributed by atoms with van der Waals surface area (Å²) < 4.78 is 1.38. The highest BCUT2D eigenvalue weighted by Gasteiger charge is 2.08. The van der Waals surface area contributed by atoms with Crippen LogP contribution in [0.5, 0.6) is 0 Å². The zero-order valence-electron chi connectivity index (χ0n) is 11.7. The number of hydrogen-bond acceptors (Lipinski definition) is 3. The van der Waals surface area contributed by atoms with Gasteiger partial charge >= 0.3 is 0 Å². The fourth-order valence-electron chi connectivity index (χ4n) is 2.18. The summed E-state index contributed by atoms with van der Waals surface area (Å²) in [5.74, 6) is 0.658. The highest BCUT2D eigenvalue weighted by atomic mass is 16.1. The van der Waals surface area contributed by atoms with Crippen molar-refractivity contribution in [2.75, 3.05) is 0 Å². The van der Waals surface area contributed by atoms with Gasteiger partial charge in [-0.3, -0.25) is 4.79 Å². The number of para-hydroxylation sites is 1. The molecule has 0 saturated heterocycles. The van der Waals surface area contributed by atoms with Crippen LogP contribution in [0, 0.1) is 0 Å². The molecule has 0 fully saturated rings. The maximum absolute atomic E-state index is 12.5. The Kier molecular flexibility index (Phi) is 3.60. The molecule has 3 aromatic rings. The van der Waals surface area contributed by atoms with E-state index < -0.39 is 0 Å². The highest BCUT2D eigenvalue weighted by Crippen LogP contribution is 2.08. The van der Waals surface area contributed by atoms with Gasteiger partial charge in [0.15, 0.2) is 0 Å². The maximum Gasteiger partial charge on any atom is 0.282 e. The number of fused-ring (bicyclic) bond motifs is 1. The fourth-order valence-corrected chi connectivity index (χ4v) is 2.18. The molecule has 0 aliphatic heterocycles. The minimum atomic E-state index is -0.135. The van der Waals surface area contributed by atoms with E-state index >= 15 is 0 Å². The van der Waals surface area contributed by atoms with Gasteiger partial charge in [-0.05, 0) is 17.7 Å². The van der Waals surface area contributed by atoms with Crippen LogP contribution in [0.25, 0.3) is 10.9 Å². The van der Waals surface area contributed by atoms with E-state index in [9.17, 15) is 4.79 Å². The molecular weight excluding hydrogens is 262 g/mol. The SMILES string of the molecule is CCc1nc2ccccc2c(=O)n1/N=C/c1ccccc1. The third kappa shape index (κ3) is 2.60. The molecule has 104 valence electrons. The Bertz CT molecular complexity index is 851. The Morgan fingerprint density at radius 3 is 2.57 bits per heavy atom. The predicted molar refractivity (Wildman–Crippen MR) is 84.8 cm³/mol. The van der Waals surface area contributed by atoms with E-state index in [1.165, 1.54) is 4.68 Å². The van der Waals surface area contributed by atoms with Gasteiger partial charge in [-0.15, -0.1) is 0 Å². The summed E-state index contributed by atoms with van der Waals surface area (Å²) in [6, 6.07) is 17.0. The van der Waals surface area contributed by atoms with Crippen molar-refractivity contribution < 1.29 is 0 Å². The van der Waals surface area contributed by atoms with Gasteiger partial charge < -0.3 is 0 Å². The normalized spacial score (nSPS) is 11.3. The van der Waals surface area contributed by atoms with Gasteiger partial charge in [0.25, 0.3) is 5.56 Å². The van der Waals surface area contributed by atoms with E-state index in [4.69, 9.17) is 0 Å². The zero-order valence-corrected chi connectivity index (χ0v) is 11.7. The average molecular weight is 277 g/mol.